The Hall–Kier alpha value is -2.66. The van der Waals surface area contributed by atoms with Gasteiger partial charge in [-0.25, -0.2) is 4.18 Å². The maximum Gasteiger partial charge on any atom is 0.336 e. The third-order valence-electron chi connectivity index (χ3n) is 15.1. The van der Waals surface area contributed by atoms with Gasteiger partial charge in [-0.3, -0.25) is 4.79 Å². The van der Waals surface area contributed by atoms with Gasteiger partial charge in [0, 0.05) is 58.3 Å². The van der Waals surface area contributed by atoms with Crippen LogP contribution in [-0.4, -0.2) is 149 Å². The van der Waals surface area contributed by atoms with Gasteiger partial charge in [0.2, 0.25) is 0 Å². The molecule has 2 bridgehead atoms. The zero-order chi connectivity index (χ0) is 50.0. The summed E-state index contributed by atoms with van der Waals surface area (Å²) in [5.74, 6) is -2.72. The molecule has 0 radical (unpaired) electrons. The Bertz CT molecular complexity index is 2080. The lowest BCUT2D eigenvalue weighted by atomic mass is 9.71. The number of hydrogen-bond donors (Lipinski definition) is 3. The Morgan fingerprint density at radius 2 is 1.62 bits per heavy atom. The average molecular weight is 992 g/mol. The summed E-state index contributed by atoms with van der Waals surface area (Å²) in [6.45, 7) is 19.4. The molecule has 4 fully saturated rings. The molecule has 1 aliphatic carbocycles. The molecule has 7 aliphatic rings. The number of allylic oxidation sites excluding steroid dienone is 2. The van der Waals surface area contributed by atoms with Crippen molar-refractivity contribution in [3.8, 4) is 0 Å². The molecule has 0 aromatic carbocycles. The summed E-state index contributed by atoms with van der Waals surface area (Å²) in [5, 5.41) is 23.8. The molecule has 6 aliphatic heterocycles. The van der Waals surface area contributed by atoms with Gasteiger partial charge in [-0.05, 0) is 62.8 Å². The summed E-state index contributed by atoms with van der Waals surface area (Å²) in [5.41, 5.74) is 0.0272. The first-order valence-electron chi connectivity index (χ1n) is 24.7. The van der Waals surface area contributed by atoms with Crippen molar-refractivity contribution in [1.82, 2.24) is 4.72 Å². The molecule has 3 N–H and O–H groups in total. The number of aliphatic hydroxyl groups is 2. The first-order valence-corrected chi connectivity index (χ1v) is 26.1. The quantitative estimate of drug-likeness (QED) is 0.156. The summed E-state index contributed by atoms with van der Waals surface area (Å²) < 4.78 is 97.1. The topological polar surface area (TPSA) is 205 Å². The van der Waals surface area contributed by atoms with Crippen molar-refractivity contribution in [2.45, 2.75) is 191 Å². The highest BCUT2D eigenvalue weighted by Gasteiger charge is 2.60. The number of fused-ring (bicyclic) bond motifs is 2. The van der Waals surface area contributed by atoms with Gasteiger partial charge in [-0.1, -0.05) is 76.6 Å². The molecule has 7 rings (SSSR count). The molecule has 18 heteroatoms. The summed E-state index contributed by atoms with van der Waals surface area (Å²) in [6.07, 6.45) is 8.09. The van der Waals surface area contributed by atoms with E-state index < -0.39 is 113 Å². The molecule has 1 spiro atoms. The Labute approximate surface area is 408 Å². The second kappa shape index (κ2) is 22.6. The van der Waals surface area contributed by atoms with Gasteiger partial charge >= 0.3 is 16.3 Å². The van der Waals surface area contributed by atoms with Crippen LogP contribution < -0.4 is 4.72 Å². The van der Waals surface area contributed by atoms with Gasteiger partial charge in [0.1, 0.15) is 42.0 Å². The Morgan fingerprint density at radius 1 is 0.942 bits per heavy atom. The number of methoxy groups -OCH3 is 2. The number of nitrogens with one attached hydrogen (secondary N) is 1. The lowest BCUT2D eigenvalue weighted by Gasteiger charge is -2.48. The van der Waals surface area contributed by atoms with Crippen LogP contribution in [-0.2, 0) is 66.7 Å². The lowest BCUT2D eigenvalue weighted by Crippen LogP contribution is -2.58. The highest BCUT2D eigenvalue weighted by atomic mass is 32.2. The standard InChI is InChI=1S/C51H77NO16S/c1-12-21-52-69(56,57)68-47-34(9)62-42(25-40(47)59-11)65-46-33(8)61-41(24-39(46)58-10)64-44-29(4)15-14-16-35-27-60-48-43(53)32(7)22-38(51(35,48)55)49(54)63-37-23-36(18-17-30(44)5)66-50(26-37)20-19-31(6)45(67-50)28(3)13-2/h12,14-17,19-20,22,28-29,31,33-34,36-48,52-53,55H,1,13,18,21,23-27H2,2-11H3/t28?,29-,31-,33-,34-,36+,37-,38-,39-,40-,41-,42-,43+,44-,45+,46-,47-,48+,50+,51+/m0/s1. The fourth-order valence-electron chi connectivity index (χ4n) is 11.0. The van der Waals surface area contributed by atoms with Crippen molar-refractivity contribution in [3.05, 3.63) is 71.9 Å². The zero-order valence-corrected chi connectivity index (χ0v) is 42.7. The van der Waals surface area contributed by atoms with Gasteiger partial charge in [-0.2, -0.15) is 13.1 Å². The smallest absolute Gasteiger partial charge is 0.336 e. The molecule has 0 aromatic rings. The number of ether oxygens (including phenoxy) is 10. The molecule has 0 aromatic heterocycles. The van der Waals surface area contributed by atoms with Crippen molar-refractivity contribution in [1.29, 1.82) is 0 Å². The van der Waals surface area contributed by atoms with Crippen LogP contribution in [0.25, 0.3) is 0 Å². The molecule has 17 nitrogen and oxygen atoms in total. The molecule has 69 heavy (non-hydrogen) atoms. The SMILES string of the molecule is C=CCNS(=O)(=O)O[C@H]1[C@H](C)O[C@@H](O[C@H]2[C@H](C)O[C@@H](O[C@@H]3C(C)=CC[C@@H]4C[C@@H](C[C@]5(C=C[C@H](C)[C@@H](C(C)CC)O5)O4)OC(=O)[C@@H]4C=C(C)[C@@H](O)[C@H]5OCC(=CC=C[C@@H]3C)[C@]54O)C[C@@H]2OC)C[C@@H]1OC. The van der Waals surface area contributed by atoms with E-state index in [9.17, 15) is 23.4 Å². The fraction of sp³-hybridized carbons (Fsp3) is 0.745. The predicted molar refractivity (Wildman–Crippen MR) is 253 cm³/mol. The molecule has 0 amide bonds. The zero-order valence-electron chi connectivity index (χ0n) is 41.9. The lowest BCUT2D eigenvalue weighted by molar-refractivity contribution is -0.317. The van der Waals surface area contributed by atoms with E-state index in [-0.39, 0.29) is 49.9 Å². The van der Waals surface area contributed by atoms with Crippen LogP contribution in [0.5, 0.6) is 0 Å². The molecule has 0 saturated carbocycles. The summed E-state index contributed by atoms with van der Waals surface area (Å²) >= 11 is 0. The van der Waals surface area contributed by atoms with Crippen LogP contribution in [0.1, 0.15) is 93.9 Å². The van der Waals surface area contributed by atoms with Crippen molar-refractivity contribution in [2.24, 2.45) is 23.7 Å². The fourth-order valence-corrected chi connectivity index (χ4v) is 12.0. The summed E-state index contributed by atoms with van der Waals surface area (Å²) in [4.78, 5) is 14.4. The average Bonchev–Trinajstić information content (AvgIpc) is 3.65. The molecule has 1 unspecified atom stereocenters. The van der Waals surface area contributed by atoms with E-state index in [1.807, 2.05) is 39.0 Å². The number of carbonyl (C=O) groups is 1. The highest BCUT2D eigenvalue weighted by molar-refractivity contribution is 7.84. The van der Waals surface area contributed by atoms with Crippen LogP contribution in [0.2, 0.25) is 0 Å². The van der Waals surface area contributed by atoms with Crippen LogP contribution in [0.3, 0.4) is 0 Å². The van der Waals surface area contributed by atoms with Crippen molar-refractivity contribution < 1.29 is 75.0 Å². The van der Waals surface area contributed by atoms with Gasteiger partial charge in [0.25, 0.3) is 0 Å². The third-order valence-corrected chi connectivity index (χ3v) is 16.1. The molecule has 4 saturated heterocycles. The Balaban J connectivity index is 1.14. The number of carbonyl (C=O) groups excluding carboxylic acids is 1. The largest absolute Gasteiger partial charge is 0.462 e. The highest BCUT2D eigenvalue weighted by Crippen LogP contribution is 2.47. The monoisotopic (exact) mass is 991 g/mol. The van der Waals surface area contributed by atoms with Crippen molar-refractivity contribution >= 4 is 16.3 Å². The van der Waals surface area contributed by atoms with Crippen molar-refractivity contribution in [3.63, 3.8) is 0 Å². The van der Waals surface area contributed by atoms with E-state index in [0.717, 1.165) is 12.0 Å². The third kappa shape index (κ3) is 11.9. The summed E-state index contributed by atoms with van der Waals surface area (Å²) in [7, 11) is -1.01. The van der Waals surface area contributed by atoms with Crippen molar-refractivity contribution in [2.75, 3.05) is 27.4 Å². The van der Waals surface area contributed by atoms with Gasteiger partial charge in [0.05, 0.1) is 49.3 Å². The predicted octanol–water partition coefficient (Wildman–Crippen LogP) is 5.42. The minimum absolute atomic E-state index is 0.00715. The van der Waals surface area contributed by atoms with Gasteiger partial charge in [0.15, 0.2) is 18.4 Å². The van der Waals surface area contributed by atoms with E-state index >= 15 is 0 Å². The number of rotatable bonds is 13. The number of hydrogen-bond acceptors (Lipinski definition) is 16. The van der Waals surface area contributed by atoms with Gasteiger partial charge < -0.3 is 57.6 Å². The molecule has 20 atom stereocenters. The second-order valence-corrected chi connectivity index (χ2v) is 21.5. The first-order chi connectivity index (χ1) is 32.7. The molecular weight excluding hydrogens is 915 g/mol. The number of esters is 1. The molecule has 6 heterocycles. The van der Waals surface area contributed by atoms with E-state index in [4.69, 9.17) is 51.6 Å². The van der Waals surface area contributed by atoms with Crippen LogP contribution in [0, 0.1) is 23.7 Å². The minimum Gasteiger partial charge on any atom is -0.462 e. The van der Waals surface area contributed by atoms with Crippen LogP contribution in [0.4, 0.5) is 0 Å². The Kier molecular flexibility index (Phi) is 17.7. The molecule has 388 valence electrons. The van der Waals surface area contributed by atoms with Gasteiger partial charge in [-0.15, -0.1) is 6.58 Å². The molecular formula is C51H77NO16S. The summed E-state index contributed by atoms with van der Waals surface area (Å²) in [6, 6.07) is 0. The van der Waals surface area contributed by atoms with E-state index in [1.54, 1.807) is 33.1 Å². The van der Waals surface area contributed by atoms with Crippen LogP contribution >= 0.6 is 0 Å². The normalized spacial score (nSPS) is 43.6. The van der Waals surface area contributed by atoms with E-state index in [0.29, 0.717) is 30.4 Å². The van der Waals surface area contributed by atoms with Crippen LogP contribution in [0.15, 0.2) is 71.9 Å². The second-order valence-electron chi connectivity index (χ2n) is 20.1. The van der Waals surface area contributed by atoms with E-state index in [1.165, 1.54) is 13.2 Å². The Morgan fingerprint density at radius 3 is 2.30 bits per heavy atom. The first kappa shape index (κ1) is 54.1. The maximum atomic E-state index is 14.4. The number of aliphatic hydroxyl groups excluding tert-OH is 1. The maximum absolute atomic E-state index is 14.4. The minimum atomic E-state index is -4.10. The van der Waals surface area contributed by atoms with E-state index in [2.05, 4.69) is 44.2 Å².